The number of aryl methyl sites for hydroxylation is 2. The topological polar surface area (TPSA) is 82.6 Å². The summed E-state index contributed by atoms with van der Waals surface area (Å²) in [5.74, 6) is 0.0524. The van der Waals surface area contributed by atoms with E-state index in [1.807, 2.05) is 55.1 Å². The molecule has 7 heteroatoms. The van der Waals surface area contributed by atoms with Crippen LogP contribution in [0.25, 0.3) is 0 Å². The third kappa shape index (κ3) is 4.76. The van der Waals surface area contributed by atoms with Gasteiger partial charge in [0.05, 0.1) is 5.92 Å². The van der Waals surface area contributed by atoms with Crippen molar-refractivity contribution in [3.8, 4) is 0 Å². The quantitative estimate of drug-likeness (QED) is 0.825. The van der Waals surface area contributed by atoms with Crippen LogP contribution in [0.3, 0.4) is 0 Å². The van der Waals surface area contributed by atoms with E-state index in [1.165, 1.54) is 0 Å². The molecule has 1 aromatic carbocycles. The Balaban J connectivity index is 1.30. The molecule has 2 fully saturated rings. The second kappa shape index (κ2) is 8.88. The first-order chi connectivity index (χ1) is 14.9. The van der Waals surface area contributed by atoms with Crippen LogP contribution in [0, 0.1) is 25.7 Å². The van der Waals surface area contributed by atoms with Crippen molar-refractivity contribution < 1.29 is 14.4 Å². The number of benzene rings is 1. The molecular formula is C24H28N4O3. The molecule has 0 unspecified atom stereocenters. The van der Waals surface area contributed by atoms with Gasteiger partial charge in [-0.2, -0.15) is 0 Å². The molecule has 2 aliphatic rings. The van der Waals surface area contributed by atoms with E-state index in [0.29, 0.717) is 38.3 Å². The van der Waals surface area contributed by atoms with E-state index in [1.54, 1.807) is 11.1 Å². The van der Waals surface area contributed by atoms with Gasteiger partial charge in [0, 0.05) is 43.9 Å². The van der Waals surface area contributed by atoms with Gasteiger partial charge in [-0.1, -0.05) is 17.7 Å². The summed E-state index contributed by atoms with van der Waals surface area (Å²) in [7, 11) is 0. The van der Waals surface area contributed by atoms with E-state index in [2.05, 4.69) is 10.3 Å². The molecule has 0 radical (unpaired) electrons. The lowest BCUT2D eigenvalue weighted by molar-refractivity contribution is -0.138. The number of piperidine rings is 1. The van der Waals surface area contributed by atoms with Crippen LogP contribution < -0.4 is 10.2 Å². The predicted molar refractivity (Wildman–Crippen MR) is 119 cm³/mol. The molecule has 3 heterocycles. The lowest BCUT2D eigenvalue weighted by Crippen LogP contribution is -2.44. The molecule has 7 nitrogen and oxygen atoms in total. The maximum Gasteiger partial charge on any atom is 0.228 e. The number of nitrogens with one attached hydrogen (secondary N) is 1. The molecule has 2 aliphatic heterocycles. The van der Waals surface area contributed by atoms with Crippen LogP contribution in [0.2, 0.25) is 0 Å². The monoisotopic (exact) mass is 420 g/mol. The van der Waals surface area contributed by atoms with Crippen molar-refractivity contribution in [2.75, 3.05) is 29.9 Å². The third-order valence-corrected chi connectivity index (χ3v) is 6.16. The predicted octanol–water partition coefficient (Wildman–Crippen LogP) is 2.93. The summed E-state index contributed by atoms with van der Waals surface area (Å²) >= 11 is 0. The number of pyridine rings is 1. The molecule has 1 N–H and O–H groups in total. The van der Waals surface area contributed by atoms with Crippen molar-refractivity contribution in [1.82, 2.24) is 9.88 Å². The second-order valence-corrected chi connectivity index (χ2v) is 8.55. The minimum atomic E-state index is -0.323. The number of aromatic nitrogens is 1. The maximum absolute atomic E-state index is 13.0. The number of carbonyl (C=O) groups is 3. The largest absolute Gasteiger partial charge is 0.342 e. The van der Waals surface area contributed by atoms with Crippen molar-refractivity contribution in [3.63, 3.8) is 0 Å². The molecule has 1 atom stereocenters. The lowest BCUT2D eigenvalue weighted by Gasteiger charge is -2.32. The molecular weight excluding hydrogens is 392 g/mol. The Morgan fingerprint density at radius 1 is 1.00 bits per heavy atom. The lowest BCUT2D eigenvalue weighted by atomic mass is 9.94. The van der Waals surface area contributed by atoms with E-state index in [0.717, 1.165) is 16.8 Å². The normalized spacial score (nSPS) is 19.5. The number of nitrogens with zero attached hydrogens (tertiary/aromatic N) is 3. The Labute approximate surface area is 182 Å². The summed E-state index contributed by atoms with van der Waals surface area (Å²) in [6, 6.07) is 11.5. The minimum absolute atomic E-state index is 0.0119. The van der Waals surface area contributed by atoms with Gasteiger partial charge in [-0.05, 0) is 56.5 Å². The molecule has 0 bridgehead atoms. The van der Waals surface area contributed by atoms with Crippen molar-refractivity contribution in [1.29, 1.82) is 0 Å². The van der Waals surface area contributed by atoms with Crippen molar-refractivity contribution in [2.45, 2.75) is 33.1 Å². The molecule has 2 aromatic rings. The van der Waals surface area contributed by atoms with Gasteiger partial charge in [-0.25, -0.2) is 4.98 Å². The summed E-state index contributed by atoms with van der Waals surface area (Å²) in [6.45, 7) is 5.44. The number of amides is 3. The van der Waals surface area contributed by atoms with Crippen LogP contribution in [0.15, 0.2) is 42.6 Å². The molecule has 0 saturated carbocycles. The summed E-state index contributed by atoms with van der Waals surface area (Å²) in [6.07, 6.45) is 3.15. The number of anilines is 2. The summed E-state index contributed by atoms with van der Waals surface area (Å²) in [4.78, 5) is 45.8. The molecule has 1 aromatic heterocycles. The zero-order valence-electron chi connectivity index (χ0n) is 18.0. The molecule has 31 heavy (non-hydrogen) atoms. The Bertz CT molecular complexity index is 981. The smallest absolute Gasteiger partial charge is 0.228 e. The fourth-order valence-corrected chi connectivity index (χ4v) is 4.30. The molecule has 3 amide bonds. The Morgan fingerprint density at radius 3 is 2.39 bits per heavy atom. The number of likely N-dealkylation sites (tertiary alicyclic amines) is 1. The van der Waals surface area contributed by atoms with Crippen LogP contribution in [-0.4, -0.2) is 47.2 Å². The second-order valence-electron chi connectivity index (χ2n) is 8.55. The summed E-state index contributed by atoms with van der Waals surface area (Å²) < 4.78 is 0. The highest BCUT2D eigenvalue weighted by Gasteiger charge is 2.38. The number of hydrogen-bond acceptors (Lipinski definition) is 4. The van der Waals surface area contributed by atoms with E-state index in [9.17, 15) is 14.4 Å². The fourth-order valence-electron chi connectivity index (χ4n) is 4.30. The summed E-state index contributed by atoms with van der Waals surface area (Å²) in [5, 5.41) is 2.88. The minimum Gasteiger partial charge on any atom is -0.342 e. The zero-order chi connectivity index (χ0) is 22.0. The standard InChI is InChI=1S/C24H28N4O3/c1-16-3-5-20(6-4-16)28-15-19(14-22(28)29)24(31)27-11-8-18(9-12-27)23(30)26-21-13-17(2)7-10-25-21/h3-7,10,13,18-19H,8-9,11-12,14-15H2,1-2H3,(H,25,26,30)/t19-/m0/s1. The van der Waals surface area contributed by atoms with Gasteiger partial charge in [0.1, 0.15) is 5.82 Å². The third-order valence-electron chi connectivity index (χ3n) is 6.16. The first-order valence-corrected chi connectivity index (χ1v) is 10.8. The van der Waals surface area contributed by atoms with E-state index in [-0.39, 0.29) is 36.0 Å². The van der Waals surface area contributed by atoms with Crippen LogP contribution in [0.1, 0.15) is 30.4 Å². The first kappa shape index (κ1) is 21.0. The molecule has 162 valence electrons. The van der Waals surface area contributed by atoms with Crippen LogP contribution in [0.5, 0.6) is 0 Å². The van der Waals surface area contributed by atoms with Crippen molar-refractivity contribution in [3.05, 3.63) is 53.7 Å². The Morgan fingerprint density at radius 2 is 1.71 bits per heavy atom. The van der Waals surface area contributed by atoms with Crippen LogP contribution in [-0.2, 0) is 14.4 Å². The van der Waals surface area contributed by atoms with Crippen molar-refractivity contribution >= 4 is 29.2 Å². The van der Waals surface area contributed by atoms with Gasteiger partial charge in [0.15, 0.2) is 0 Å². The van der Waals surface area contributed by atoms with E-state index < -0.39 is 0 Å². The molecule has 0 spiro atoms. The highest BCUT2D eigenvalue weighted by atomic mass is 16.2. The van der Waals surface area contributed by atoms with Crippen LogP contribution in [0.4, 0.5) is 11.5 Å². The van der Waals surface area contributed by atoms with Crippen molar-refractivity contribution in [2.24, 2.45) is 11.8 Å². The number of carbonyl (C=O) groups excluding carboxylic acids is 3. The molecule has 4 rings (SSSR count). The first-order valence-electron chi connectivity index (χ1n) is 10.8. The van der Waals surface area contributed by atoms with Gasteiger partial charge in [0.25, 0.3) is 0 Å². The average Bonchev–Trinajstić information content (AvgIpc) is 3.15. The number of rotatable bonds is 4. The van der Waals surface area contributed by atoms with Gasteiger partial charge in [-0.3, -0.25) is 14.4 Å². The van der Waals surface area contributed by atoms with E-state index in [4.69, 9.17) is 0 Å². The van der Waals surface area contributed by atoms with Gasteiger partial charge >= 0.3 is 0 Å². The Kier molecular flexibility index (Phi) is 6.02. The Hall–Kier alpha value is -3.22. The highest BCUT2D eigenvalue weighted by molar-refractivity contribution is 6.00. The van der Waals surface area contributed by atoms with E-state index >= 15 is 0 Å². The van der Waals surface area contributed by atoms with Gasteiger partial charge in [0.2, 0.25) is 17.7 Å². The molecule has 2 saturated heterocycles. The average molecular weight is 421 g/mol. The van der Waals surface area contributed by atoms with Gasteiger partial charge < -0.3 is 15.1 Å². The SMILES string of the molecule is Cc1ccc(N2C[C@@H](C(=O)N3CCC(C(=O)Nc4cc(C)ccn4)CC3)CC2=O)cc1. The van der Waals surface area contributed by atoms with Gasteiger partial charge in [-0.15, -0.1) is 0 Å². The zero-order valence-corrected chi connectivity index (χ0v) is 18.0. The van der Waals surface area contributed by atoms with Crippen LogP contribution >= 0.6 is 0 Å². The summed E-state index contributed by atoms with van der Waals surface area (Å²) in [5.41, 5.74) is 3.01. The maximum atomic E-state index is 13.0. The molecule has 0 aliphatic carbocycles. The number of hydrogen-bond donors (Lipinski definition) is 1. The fraction of sp³-hybridized carbons (Fsp3) is 0.417. The highest BCUT2D eigenvalue weighted by Crippen LogP contribution is 2.28.